The van der Waals surface area contributed by atoms with Gasteiger partial charge in [0, 0.05) is 30.8 Å². The van der Waals surface area contributed by atoms with E-state index in [1.54, 1.807) is 25.1 Å². The molecular weight excluding hydrogens is 574 g/mol. The first-order valence-corrected chi connectivity index (χ1v) is 13.8. The SMILES string of the molecule is CCN(Cc1cc2c(=O)[nH]c(C)nc2cc1C)c1ccc(C(=O)N[C@H](CC(C(=O)O)C(=O)[C@H](N)CCC(=O)O)C(=O)O)cc1. The number of aromatic nitrogens is 2. The second-order valence-corrected chi connectivity index (χ2v) is 10.4. The highest BCUT2D eigenvalue weighted by atomic mass is 16.4. The van der Waals surface area contributed by atoms with Crippen LogP contribution in [0.25, 0.3) is 10.9 Å². The summed E-state index contributed by atoms with van der Waals surface area (Å²) in [6.07, 6.45) is -1.57. The number of carbonyl (C=O) groups is 5. The summed E-state index contributed by atoms with van der Waals surface area (Å²) in [5.41, 5.74) is 8.74. The Labute approximate surface area is 251 Å². The van der Waals surface area contributed by atoms with E-state index in [-0.39, 0.29) is 17.5 Å². The minimum Gasteiger partial charge on any atom is -0.481 e. The van der Waals surface area contributed by atoms with Crippen molar-refractivity contribution in [1.82, 2.24) is 15.3 Å². The van der Waals surface area contributed by atoms with Crippen molar-refractivity contribution < 1.29 is 39.3 Å². The van der Waals surface area contributed by atoms with Gasteiger partial charge in [0.15, 0.2) is 5.78 Å². The molecule has 1 aromatic heterocycles. The minimum absolute atomic E-state index is 0.0993. The average molecular weight is 610 g/mol. The molecule has 0 saturated carbocycles. The van der Waals surface area contributed by atoms with Crippen LogP contribution in [0.3, 0.4) is 0 Å². The Bertz CT molecular complexity index is 1630. The monoisotopic (exact) mass is 609 g/mol. The number of benzene rings is 2. The van der Waals surface area contributed by atoms with Crippen LogP contribution >= 0.6 is 0 Å². The smallest absolute Gasteiger partial charge is 0.326 e. The molecule has 234 valence electrons. The lowest BCUT2D eigenvalue weighted by molar-refractivity contribution is -0.148. The number of hydrogen-bond acceptors (Lipinski definition) is 9. The number of aromatic amines is 1. The zero-order chi connectivity index (χ0) is 32.7. The fourth-order valence-corrected chi connectivity index (χ4v) is 4.75. The first-order valence-electron chi connectivity index (χ1n) is 13.8. The van der Waals surface area contributed by atoms with Crippen molar-refractivity contribution in [2.45, 2.75) is 58.7 Å². The van der Waals surface area contributed by atoms with Crippen LogP contribution < -0.4 is 21.5 Å². The number of Topliss-reactive ketones (excluding diaryl/α,β-unsaturated/α-hetero) is 1. The number of amides is 1. The lowest BCUT2D eigenvalue weighted by Gasteiger charge is -2.25. The number of nitrogens with zero attached hydrogens (tertiary/aromatic N) is 2. The molecule has 14 heteroatoms. The van der Waals surface area contributed by atoms with Gasteiger partial charge in [-0.15, -0.1) is 0 Å². The second-order valence-electron chi connectivity index (χ2n) is 10.4. The Morgan fingerprint density at radius 2 is 1.68 bits per heavy atom. The van der Waals surface area contributed by atoms with Crippen molar-refractivity contribution in [1.29, 1.82) is 0 Å². The van der Waals surface area contributed by atoms with Gasteiger partial charge in [-0.1, -0.05) is 0 Å². The van der Waals surface area contributed by atoms with Gasteiger partial charge in [-0.05, 0) is 81.1 Å². The first-order chi connectivity index (χ1) is 20.7. The fraction of sp³-hybridized carbons (Fsp3) is 0.367. The highest BCUT2D eigenvalue weighted by Gasteiger charge is 2.36. The van der Waals surface area contributed by atoms with Crippen molar-refractivity contribution >= 4 is 46.2 Å². The average Bonchev–Trinajstić information content (AvgIpc) is 2.96. The second kappa shape index (κ2) is 14.4. The molecule has 44 heavy (non-hydrogen) atoms. The molecule has 0 fully saturated rings. The van der Waals surface area contributed by atoms with Gasteiger partial charge < -0.3 is 36.3 Å². The third-order valence-corrected chi connectivity index (χ3v) is 7.27. The maximum Gasteiger partial charge on any atom is 0.326 e. The highest BCUT2D eigenvalue weighted by Crippen LogP contribution is 2.22. The van der Waals surface area contributed by atoms with Gasteiger partial charge in [0.05, 0.1) is 16.9 Å². The summed E-state index contributed by atoms with van der Waals surface area (Å²) in [7, 11) is 0. The number of aryl methyl sites for hydroxylation is 2. The zero-order valence-electron chi connectivity index (χ0n) is 24.5. The highest BCUT2D eigenvalue weighted by molar-refractivity contribution is 6.02. The molecule has 1 unspecified atom stereocenters. The molecule has 3 rings (SSSR count). The third kappa shape index (κ3) is 8.25. The molecule has 0 radical (unpaired) electrons. The Balaban J connectivity index is 1.74. The molecule has 0 aliphatic heterocycles. The number of anilines is 1. The van der Waals surface area contributed by atoms with Crippen LogP contribution in [-0.2, 0) is 25.7 Å². The van der Waals surface area contributed by atoms with E-state index >= 15 is 0 Å². The first kappa shape index (κ1) is 33.4. The summed E-state index contributed by atoms with van der Waals surface area (Å²) in [5, 5.41) is 30.7. The molecular formula is C30H35N5O9. The quantitative estimate of drug-likeness (QED) is 0.135. The molecule has 1 amide bonds. The molecule has 0 saturated heterocycles. The number of nitrogens with two attached hydrogens (primary N) is 1. The topological polar surface area (TPSA) is 233 Å². The Hall–Kier alpha value is -5.11. The number of ketones is 1. The standard InChI is InChI=1S/C30H35N5O9/c1-4-35(14-18-12-20-23(11-15(18)2)32-16(3)33-28(20)40)19-7-5-17(6-8-19)27(39)34-24(30(43)44)13-21(29(41)42)26(38)22(31)9-10-25(36)37/h5-8,11-12,21-22,24H,4,9-10,13-14,31H2,1-3H3,(H,34,39)(H,36,37)(H,41,42)(H,43,44)(H,32,33,40)/t21?,22-,24-/m1/s1. The molecule has 3 aromatic rings. The Kier molecular flexibility index (Phi) is 10.9. The van der Waals surface area contributed by atoms with Gasteiger partial charge in [-0.25, -0.2) is 9.78 Å². The summed E-state index contributed by atoms with van der Waals surface area (Å²) in [6.45, 7) is 6.63. The number of rotatable bonds is 15. The van der Waals surface area contributed by atoms with Gasteiger partial charge in [0.1, 0.15) is 17.8 Å². The van der Waals surface area contributed by atoms with E-state index in [0.717, 1.165) is 16.8 Å². The maximum atomic E-state index is 12.9. The molecule has 0 aliphatic rings. The molecule has 0 spiro atoms. The van der Waals surface area contributed by atoms with E-state index in [2.05, 4.69) is 15.3 Å². The predicted octanol–water partition coefficient (Wildman–Crippen LogP) is 1.60. The molecule has 3 atom stereocenters. The van der Waals surface area contributed by atoms with Crippen LogP contribution in [0.5, 0.6) is 0 Å². The molecule has 7 N–H and O–H groups in total. The fourth-order valence-electron chi connectivity index (χ4n) is 4.75. The number of carboxylic acid groups (broad SMARTS) is 3. The maximum absolute atomic E-state index is 12.9. The van der Waals surface area contributed by atoms with Crippen LogP contribution in [0.15, 0.2) is 41.2 Å². The summed E-state index contributed by atoms with van der Waals surface area (Å²) in [6, 6.07) is 6.83. The van der Waals surface area contributed by atoms with Crippen molar-refractivity contribution in [3.8, 4) is 0 Å². The van der Waals surface area contributed by atoms with E-state index in [4.69, 9.17) is 10.8 Å². The van der Waals surface area contributed by atoms with E-state index in [9.17, 15) is 39.0 Å². The van der Waals surface area contributed by atoms with Crippen LogP contribution in [-0.4, -0.2) is 73.5 Å². The van der Waals surface area contributed by atoms with Gasteiger partial charge in [0.2, 0.25) is 0 Å². The zero-order valence-corrected chi connectivity index (χ0v) is 24.5. The third-order valence-electron chi connectivity index (χ3n) is 7.27. The normalized spacial score (nSPS) is 13.1. The van der Waals surface area contributed by atoms with Crippen LogP contribution in [0, 0.1) is 19.8 Å². The van der Waals surface area contributed by atoms with E-state index < -0.39 is 60.4 Å². The number of fused-ring (bicyclic) bond motifs is 1. The number of nitrogens with one attached hydrogen (secondary N) is 2. The molecule has 14 nitrogen and oxygen atoms in total. The number of hydrogen-bond donors (Lipinski definition) is 6. The number of carboxylic acids is 3. The largest absolute Gasteiger partial charge is 0.481 e. The summed E-state index contributed by atoms with van der Waals surface area (Å²) in [5.74, 6) is -7.59. The van der Waals surface area contributed by atoms with E-state index in [1.807, 2.05) is 24.8 Å². The van der Waals surface area contributed by atoms with E-state index in [0.29, 0.717) is 29.8 Å². The van der Waals surface area contributed by atoms with Crippen molar-refractivity contribution in [3.05, 3.63) is 69.3 Å². The predicted molar refractivity (Wildman–Crippen MR) is 159 cm³/mol. The molecule has 1 heterocycles. The van der Waals surface area contributed by atoms with Gasteiger partial charge >= 0.3 is 17.9 Å². The number of aliphatic carboxylic acids is 3. The number of H-pyrrole nitrogens is 1. The Morgan fingerprint density at radius 3 is 2.25 bits per heavy atom. The summed E-state index contributed by atoms with van der Waals surface area (Å²) >= 11 is 0. The van der Waals surface area contributed by atoms with Crippen LogP contribution in [0.4, 0.5) is 5.69 Å². The lowest BCUT2D eigenvalue weighted by atomic mass is 9.90. The van der Waals surface area contributed by atoms with Crippen LogP contribution in [0.1, 0.15) is 53.5 Å². The summed E-state index contributed by atoms with van der Waals surface area (Å²) in [4.78, 5) is 81.4. The molecule has 0 bridgehead atoms. The van der Waals surface area contributed by atoms with Crippen molar-refractivity contribution in [3.63, 3.8) is 0 Å². The Morgan fingerprint density at radius 1 is 1.02 bits per heavy atom. The minimum atomic E-state index is -1.87. The van der Waals surface area contributed by atoms with Gasteiger partial charge in [0.25, 0.3) is 11.5 Å². The lowest BCUT2D eigenvalue weighted by Crippen LogP contribution is -2.47. The van der Waals surface area contributed by atoms with Crippen molar-refractivity contribution in [2.75, 3.05) is 11.4 Å². The van der Waals surface area contributed by atoms with Gasteiger partial charge in [-0.3, -0.25) is 24.0 Å². The van der Waals surface area contributed by atoms with Crippen molar-refractivity contribution in [2.24, 2.45) is 11.7 Å². The van der Waals surface area contributed by atoms with Crippen LogP contribution in [0.2, 0.25) is 0 Å². The van der Waals surface area contributed by atoms with E-state index in [1.165, 1.54) is 12.1 Å². The molecule has 0 aliphatic carbocycles. The van der Waals surface area contributed by atoms with Gasteiger partial charge in [-0.2, -0.15) is 0 Å². The summed E-state index contributed by atoms with van der Waals surface area (Å²) < 4.78 is 0. The molecule has 2 aromatic carbocycles. The number of carbonyl (C=O) groups excluding carboxylic acids is 2.